The molecule has 0 atom stereocenters. The highest BCUT2D eigenvalue weighted by Crippen LogP contribution is 2.09. The quantitative estimate of drug-likeness (QED) is 0.343. The molecule has 0 aromatic heterocycles. The van der Waals surface area contributed by atoms with Gasteiger partial charge in [-0.1, -0.05) is 13.8 Å². The third-order valence-corrected chi connectivity index (χ3v) is 3.63. The largest absolute Gasteiger partial charge is 0.356 e. The fraction of sp³-hybridized carbons (Fsp3) is 0.588. The Morgan fingerprint density at radius 2 is 1.83 bits per heavy atom. The van der Waals surface area contributed by atoms with Crippen molar-refractivity contribution >= 4 is 29.9 Å². The normalized spacial score (nSPS) is 11.3. The molecule has 0 amide bonds. The summed E-state index contributed by atoms with van der Waals surface area (Å²) in [4.78, 5) is 6.50. The Balaban J connectivity index is 0.00000529. The number of nitrogens with one attached hydrogen (secondary N) is 2. The molecule has 0 aliphatic heterocycles. The fourth-order valence-corrected chi connectivity index (χ4v) is 2.35. The number of benzene rings is 1. The molecule has 24 heavy (non-hydrogen) atoms. The first-order valence-electron chi connectivity index (χ1n) is 8.21. The van der Waals surface area contributed by atoms with Crippen LogP contribution in [0.2, 0.25) is 0 Å². The maximum Gasteiger partial charge on any atom is 0.191 e. The Kier molecular flexibility index (Phi) is 12.8. The number of rotatable bonds is 9. The van der Waals surface area contributed by atoms with Gasteiger partial charge in [-0.3, -0.25) is 4.99 Å². The Labute approximate surface area is 161 Å². The number of guanidine groups is 1. The van der Waals surface area contributed by atoms with Crippen molar-refractivity contribution in [3.8, 4) is 0 Å². The second-order valence-corrected chi connectivity index (χ2v) is 5.35. The molecular weight excluding hydrogens is 425 g/mol. The van der Waals surface area contributed by atoms with Gasteiger partial charge in [-0.2, -0.15) is 0 Å². The molecule has 0 fully saturated rings. The minimum absolute atomic E-state index is 0. The minimum atomic E-state index is -0.417. The molecule has 0 saturated carbocycles. The van der Waals surface area contributed by atoms with E-state index in [9.17, 15) is 8.78 Å². The summed E-state index contributed by atoms with van der Waals surface area (Å²) in [6.07, 6.45) is 1.54. The summed E-state index contributed by atoms with van der Waals surface area (Å²) >= 11 is 0. The Hall–Kier alpha value is -0.960. The van der Waals surface area contributed by atoms with Crippen molar-refractivity contribution in [2.24, 2.45) is 4.99 Å². The molecule has 7 heteroatoms. The van der Waals surface area contributed by atoms with Gasteiger partial charge in [-0.05, 0) is 49.7 Å². The fourth-order valence-electron chi connectivity index (χ4n) is 2.35. The first kappa shape index (κ1) is 23.0. The van der Waals surface area contributed by atoms with E-state index in [4.69, 9.17) is 0 Å². The second-order valence-electron chi connectivity index (χ2n) is 5.35. The van der Waals surface area contributed by atoms with E-state index in [0.29, 0.717) is 24.5 Å². The summed E-state index contributed by atoms with van der Waals surface area (Å²) in [7, 11) is 1.70. The first-order chi connectivity index (χ1) is 11.1. The minimum Gasteiger partial charge on any atom is -0.356 e. The van der Waals surface area contributed by atoms with E-state index in [0.717, 1.165) is 44.7 Å². The van der Waals surface area contributed by atoms with Gasteiger partial charge in [-0.15, -0.1) is 24.0 Å². The van der Waals surface area contributed by atoms with Gasteiger partial charge in [0, 0.05) is 26.7 Å². The third-order valence-electron chi connectivity index (χ3n) is 3.63. The molecule has 2 N–H and O–H groups in total. The molecule has 4 nitrogen and oxygen atoms in total. The standard InChI is InChI=1S/C17H28F2N4.HI/c1-4-11-23(5-2)12-10-22-17(20-3)21-9-8-14-13-15(18)6-7-16(14)19;/h6-7,13H,4-5,8-12H2,1-3H3,(H2,20,21,22);1H. The van der Waals surface area contributed by atoms with E-state index < -0.39 is 5.82 Å². The molecule has 0 radical (unpaired) electrons. The Bertz CT molecular complexity index is 497. The van der Waals surface area contributed by atoms with E-state index in [2.05, 4.69) is 34.4 Å². The lowest BCUT2D eigenvalue weighted by Crippen LogP contribution is -2.42. The van der Waals surface area contributed by atoms with Crippen molar-refractivity contribution in [3.05, 3.63) is 35.4 Å². The van der Waals surface area contributed by atoms with Gasteiger partial charge in [0.25, 0.3) is 0 Å². The van der Waals surface area contributed by atoms with Crippen LogP contribution in [0.15, 0.2) is 23.2 Å². The summed E-state index contributed by atoms with van der Waals surface area (Å²) in [6.45, 7) is 8.67. The molecular formula is C17H29F2IN4. The second kappa shape index (κ2) is 13.3. The summed E-state index contributed by atoms with van der Waals surface area (Å²) in [5.74, 6) is -0.122. The average molecular weight is 454 g/mol. The molecule has 1 rings (SSSR count). The molecule has 0 aliphatic rings. The lowest BCUT2D eigenvalue weighted by Gasteiger charge is -2.20. The van der Waals surface area contributed by atoms with Crippen LogP contribution < -0.4 is 10.6 Å². The van der Waals surface area contributed by atoms with Crippen LogP contribution in [0.4, 0.5) is 8.78 Å². The van der Waals surface area contributed by atoms with Crippen molar-refractivity contribution in [1.29, 1.82) is 0 Å². The van der Waals surface area contributed by atoms with Crippen LogP contribution in [-0.4, -0.2) is 50.6 Å². The van der Waals surface area contributed by atoms with E-state index in [1.54, 1.807) is 7.05 Å². The number of hydrogen-bond acceptors (Lipinski definition) is 2. The molecule has 1 aromatic carbocycles. The van der Waals surface area contributed by atoms with Crippen LogP contribution in [0.5, 0.6) is 0 Å². The molecule has 138 valence electrons. The Morgan fingerprint density at radius 3 is 2.46 bits per heavy atom. The van der Waals surface area contributed by atoms with Gasteiger partial charge in [0.2, 0.25) is 0 Å². The van der Waals surface area contributed by atoms with Gasteiger partial charge in [0.15, 0.2) is 5.96 Å². The highest BCUT2D eigenvalue weighted by atomic mass is 127. The van der Waals surface area contributed by atoms with Gasteiger partial charge < -0.3 is 15.5 Å². The predicted octanol–water partition coefficient (Wildman–Crippen LogP) is 3.02. The molecule has 0 aliphatic carbocycles. The van der Waals surface area contributed by atoms with Crippen molar-refractivity contribution < 1.29 is 8.78 Å². The molecule has 0 saturated heterocycles. The van der Waals surface area contributed by atoms with Crippen LogP contribution in [0, 0.1) is 11.6 Å². The molecule has 0 heterocycles. The van der Waals surface area contributed by atoms with Gasteiger partial charge >= 0.3 is 0 Å². The third kappa shape index (κ3) is 8.77. The summed E-state index contributed by atoms with van der Waals surface area (Å²) in [5.41, 5.74) is 0.369. The molecule has 1 aromatic rings. The topological polar surface area (TPSA) is 39.7 Å². The summed E-state index contributed by atoms with van der Waals surface area (Å²) in [5, 5.41) is 6.35. The highest BCUT2D eigenvalue weighted by Gasteiger charge is 2.05. The van der Waals surface area contributed by atoms with Crippen LogP contribution in [0.3, 0.4) is 0 Å². The van der Waals surface area contributed by atoms with E-state index in [1.165, 1.54) is 6.07 Å². The lowest BCUT2D eigenvalue weighted by atomic mass is 10.1. The van der Waals surface area contributed by atoms with Crippen molar-refractivity contribution in [1.82, 2.24) is 15.5 Å². The molecule has 0 spiro atoms. The van der Waals surface area contributed by atoms with Crippen molar-refractivity contribution in [2.45, 2.75) is 26.7 Å². The summed E-state index contributed by atoms with van der Waals surface area (Å²) < 4.78 is 26.6. The summed E-state index contributed by atoms with van der Waals surface area (Å²) in [6, 6.07) is 3.52. The van der Waals surface area contributed by atoms with E-state index in [-0.39, 0.29) is 29.8 Å². The number of nitrogens with zero attached hydrogens (tertiary/aromatic N) is 2. The maximum absolute atomic E-state index is 13.5. The highest BCUT2D eigenvalue weighted by molar-refractivity contribution is 14.0. The van der Waals surface area contributed by atoms with Crippen LogP contribution in [-0.2, 0) is 6.42 Å². The number of hydrogen-bond donors (Lipinski definition) is 2. The number of aliphatic imine (C=N–C) groups is 1. The molecule has 0 bridgehead atoms. The van der Waals surface area contributed by atoms with Crippen LogP contribution in [0.25, 0.3) is 0 Å². The zero-order valence-electron chi connectivity index (χ0n) is 14.7. The average Bonchev–Trinajstić information content (AvgIpc) is 2.55. The van der Waals surface area contributed by atoms with Gasteiger partial charge in [0.1, 0.15) is 11.6 Å². The Morgan fingerprint density at radius 1 is 1.12 bits per heavy atom. The van der Waals surface area contributed by atoms with Gasteiger partial charge in [-0.25, -0.2) is 8.78 Å². The van der Waals surface area contributed by atoms with Crippen LogP contribution in [0.1, 0.15) is 25.8 Å². The van der Waals surface area contributed by atoms with E-state index >= 15 is 0 Å². The zero-order chi connectivity index (χ0) is 17.1. The zero-order valence-corrected chi connectivity index (χ0v) is 17.1. The van der Waals surface area contributed by atoms with Crippen LogP contribution >= 0.6 is 24.0 Å². The van der Waals surface area contributed by atoms with Crippen molar-refractivity contribution in [3.63, 3.8) is 0 Å². The smallest absolute Gasteiger partial charge is 0.191 e. The van der Waals surface area contributed by atoms with Crippen molar-refractivity contribution in [2.75, 3.05) is 39.8 Å². The number of likely N-dealkylation sites (N-methyl/N-ethyl adjacent to an activating group) is 1. The number of halogens is 3. The monoisotopic (exact) mass is 454 g/mol. The molecule has 0 unspecified atom stereocenters. The predicted molar refractivity (Wildman–Crippen MR) is 107 cm³/mol. The van der Waals surface area contributed by atoms with E-state index in [1.807, 2.05) is 0 Å². The first-order valence-corrected chi connectivity index (χ1v) is 8.21. The van der Waals surface area contributed by atoms with Gasteiger partial charge in [0.05, 0.1) is 0 Å². The SMILES string of the molecule is CCCN(CC)CCNC(=NC)NCCc1cc(F)ccc1F.I. The lowest BCUT2D eigenvalue weighted by molar-refractivity contribution is 0.293. The maximum atomic E-state index is 13.5.